The van der Waals surface area contributed by atoms with Gasteiger partial charge in [0.1, 0.15) is 11.3 Å². The van der Waals surface area contributed by atoms with Crippen LogP contribution in [0.4, 0.5) is 0 Å². The molecule has 152 valence electrons. The molecule has 3 saturated carbocycles. The van der Waals surface area contributed by atoms with Crippen molar-refractivity contribution in [1.29, 1.82) is 0 Å². The molecule has 2 N–H and O–H groups in total. The molecule has 3 fully saturated rings. The maximum Gasteiger partial charge on any atom is 0.332 e. The van der Waals surface area contributed by atoms with Crippen LogP contribution in [-0.4, -0.2) is 30.2 Å². The summed E-state index contributed by atoms with van der Waals surface area (Å²) in [6, 6.07) is 0. The number of hydrogen-bond donors (Lipinski definition) is 2. The van der Waals surface area contributed by atoms with Crippen LogP contribution in [0, 0.1) is 5.41 Å². The Kier molecular flexibility index (Phi) is 4.47. The third kappa shape index (κ3) is 2.72. The molecule has 2 heterocycles. The van der Waals surface area contributed by atoms with Crippen molar-refractivity contribution in [2.45, 2.75) is 83.7 Å². The standard InChI is InChI=1S/C20H28N4O4/c1-3-23-15-14(16(27)24(4-2)18(23)28)21-17(22-15)20-10-7-19(8-11-20,9-12-20)6-5-13(25)26/h3-12H2,1-2H3,(H,21,22)(H,25,26). The SMILES string of the molecule is CCn1c(=O)c2[nH]c(C34CCC(CCC(=O)O)(CC3)CC4)nc2n(CC)c1=O. The largest absolute Gasteiger partial charge is 0.481 e. The lowest BCUT2D eigenvalue weighted by Gasteiger charge is -2.52. The normalized spacial score (nSPS) is 26.8. The minimum absolute atomic E-state index is 0.0951. The van der Waals surface area contributed by atoms with E-state index < -0.39 is 5.97 Å². The Hall–Kier alpha value is -2.38. The molecule has 2 aromatic heterocycles. The topological polar surface area (TPSA) is 110 Å². The summed E-state index contributed by atoms with van der Waals surface area (Å²) >= 11 is 0. The van der Waals surface area contributed by atoms with Crippen molar-refractivity contribution in [1.82, 2.24) is 19.1 Å². The van der Waals surface area contributed by atoms with Gasteiger partial charge in [0.2, 0.25) is 0 Å². The third-order valence-corrected chi connectivity index (χ3v) is 7.27. The van der Waals surface area contributed by atoms with Gasteiger partial charge in [0.15, 0.2) is 5.65 Å². The third-order valence-electron chi connectivity index (χ3n) is 7.27. The van der Waals surface area contributed by atoms with Gasteiger partial charge in [0, 0.05) is 24.9 Å². The lowest BCUT2D eigenvalue weighted by molar-refractivity contribution is -0.138. The number of fused-ring (bicyclic) bond motifs is 4. The second-order valence-corrected chi connectivity index (χ2v) is 8.53. The first-order valence-corrected chi connectivity index (χ1v) is 10.3. The minimum atomic E-state index is -0.723. The summed E-state index contributed by atoms with van der Waals surface area (Å²) in [4.78, 5) is 44.4. The van der Waals surface area contributed by atoms with Crippen LogP contribution in [0.15, 0.2) is 9.59 Å². The van der Waals surface area contributed by atoms with Crippen molar-refractivity contribution in [3.05, 3.63) is 26.7 Å². The highest BCUT2D eigenvalue weighted by Gasteiger charge is 2.50. The van der Waals surface area contributed by atoms with E-state index in [4.69, 9.17) is 10.1 Å². The van der Waals surface area contributed by atoms with Crippen LogP contribution in [0.2, 0.25) is 0 Å². The lowest BCUT2D eigenvalue weighted by atomic mass is 9.52. The summed E-state index contributed by atoms with van der Waals surface area (Å²) in [6.07, 6.45) is 6.82. The molecule has 2 aromatic rings. The number of aromatic amines is 1. The average Bonchev–Trinajstić information content (AvgIpc) is 3.15. The molecule has 28 heavy (non-hydrogen) atoms. The van der Waals surface area contributed by atoms with Gasteiger partial charge in [0.25, 0.3) is 5.56 Å². The highest BCUT2D eigenvalue weighted by atomic mass is 16.4. The molecule has 0 amide bonds. The van der Waals surface area contributed by atoms with E-state index in [9.17, 15) is 14.4 Å². The van der Waals surface area contributed by atoms with Gasteiger partial charge >= 0.3 is 11.7 Å². The van der Waals surface area contributed by atoms with Crippen LogP contribution in [0.3, 0.4) is 0 Å². The number of carbonyl (C=O) groups is 1. The predicted octanol–water partition coefficient (Wildman–Crippen LogP) is 2.38. The van der Waals surface area contributed by atoms with E-state index in [1.807, 2.05) is 6.92 Å². The average molecular weight is 388 g/mol. The fourth-order valence-corrected chi connectivity index (χ4v) is 5.35. The first-order valence-electron chi connectivity index (χ1n) is 10.3. The molecule has 0 unspecified atom stereocenters. The quantitative estimate of drug-likeness (QED) is 0.789. The minimum Gasteiger partial charge on any atom is -0.481 e. The van der Waals surface area contributed by atoms with Crippen molar-refractivity contribution >= 4 is 17.1 Å². The van der Waals surface area contributed by atoms with Crippen LogP contribution >= 0.6 is 0 Å². The molecule has 0 saturated heterocycles. The van der Waals surface area contributed by atoms with Crippen LogP contribution in [0.5, 0.6) is 0 Å². The van der Waals surface area contributed by atoms with Gasteiger partial charge < -0.3 is 10.1 Å². The van der Waals surface area contributed by atoms with Crippen molar-refractivity contribution in [3.63, 3.8) is 0 Å². The van der Waals surface area contributed by atoms with Crippen molar-refractivity contribution in [2.75, 3.05) is 0 Å². The van der Waals surface area contributed by atoms with Crippen LogP contribution in [0.1, 0.15) is 71.0 Å². The molecule has 0 radical (unpaired) electrons. The zero-order chi connectivity index (χ0) is 20.1. The number of hydrogen-bond acceptors (Lipinski definition) is 4. The van der Waals surface area contributed by atoms with E-state index in [1.165, 1.54) is 4.57 Å². The first-order chi connectivity index (χ1) is 13.3. The van der Waals surface area contributed by atoms with Crippen LogP contribution < -0.4 is 11.2 Å². The summed E-state index contributed by atoms with van der Waals surface area (Å²) in [5.74, 6) is 0.0976. The fraction of sp³-hybridized carbons (Fsp3) is 0.700. The Balaban J connectivity index is 1.72. The van der Waals surface area contributed by atoms with Gasteiger partial charge in [-0.25, -0.2) is 9.78 Å². The smallest absolute Gasteiger partial charge is 0.332 e. The monoisotopic (exact) mass is 388 g/mol. The molecule has 8 nitrogen and oxygen atoms in total. The first kappa shape index (κ1) is 19.0. The number of carboxylic acid groups (broad SMARTS) is 1. The number of nitrogens with one attached hydrogen (secondary N) is 1. The number of aryl methyl sites for hydroxylation is 1. The molecule has 3 aliphatic carbocycles. The highest BCUT2D eigenvalue weighted by molar-refractivity contribution is 5.70. The molecular weight excluding hydrogens is 360 g/mol. The lowest BCUT2D eigenvalue weighted by Crippen LogP contribution is -2.45. The van der Waals surface area contributed by atoms with Gasteiger partial charge in [-0.2, -0.15) is 0 Å². The zero-order valence-electron chi connectivity index (χ0n) is 16.6. The van der Waals surface area contributed by atoms with Crippen molar-refractivity contribution in [3.8, 4) is 0 Å². The Morgan fingerprint density at radius 2 is 1.68 bits per heavy atom. The van der Waals surface area contributed by atoms with Crippen molar-refractivity contribution in [2.24, 2.45) is 5.41 Å². The van der Waals surface area contributed by atoms with Gasteiger partial charge in [-0.3, -0.25) is 18.7 Å². The number of imidazole rings is 1. The van der Waals surface area contributed by atoms with Gasteiger partial charge in [-0.05, 0) is 64.2 Å². The number of carboxylic acids is 1. The van der Waals surface area contributed by atoms with Crippen LogP contribution in [-0.2, 0) is 23.3 Å². The summed E-state index contributed by atoms with van der Waals surface area (Å²) in [5, 5.41) is 9.04. The molecule has 8 heteroatoms. The summed E-state index contributed by atoms with van der Waals surface area (Å²) in [5.41, 5.74) is 0.318. The number of nitrogens with zero attached hydrogens (tertiary/aromatic N) is 3. The molecule has 0 aliphatic heterocycles. The molecule has 3 aliphatic rings. The fourth-order valence-electron chi connectivity index (χ4n) is 5.35. The molecular formula is C20H28N4O4. The van der Waals surface area contributed by atoms with E-state index in [1.54, 1.807) is 11.5 Å². The predicted molar refractivity (Wildman–Crippen MR) is 105 cm³/mol. The number of aliphatic carboxylic acids is 1. The maximum atomic E-state index is 12.8. The Morgan fingerprint density at radius 3 is 2.21 bits per heavy atom. The van der Waals surface area contributed by atoms with Gasteiger partial charge in [-0.1, -0.05) is 0 Å². The van der Waals surface area contributed by atoms with E-state index in [2.05, 4.69) is 4.98 Å². The molecule has 5 rings (SSSR count). The van der Waals surface area contributed by atoms with Gasteiger partial charge in [-0.15, -0.1) is 0 Å². The summed E-state index contributed by atoms with van der Waals surface area (Å²) in [6.45, 7) is 4.48. The number of rotatable bonds is 6. The van der Waals surface area contributed by atoms with E-state index in [0.717, 1.165) is 50.8 Å². The summed E-state index contributed by atoms with van der Waals surface area (Å²) in [7, 11) is 0. The van der Waals surface area contributed by atoms with Gasteiger partial charge in [0.05, 0.1) is 0 Å². The Morgan fingerprint density at radius 1 is 1.07 bits per heavy atom. The van der Waals surface area contributed by atoms with E-state index in [-0.39, 0.29) is 28.5 Å². The van der Waals surface area contributed by atoms with E-state index >= 15 is 0 Å². The Labute approximate surface area is 162 Å². The molecule has 2 bridgehead atoms. The molecule has 0 spiro atoms. The summed E-state index contributed by atoms with van der Waals surface area (Å²) < 4.78 is 2.82. The second-order valence-electron chi connectivity index (χ2n) is 8.53. The van der Waals surface area contributed by atoms with Crippen molar-refractivity contribution < 1.29 is 9.90 Å². The van der Waals surface area contributed by atoms with Crippen LogP contribution in [0.25, 0.3) is 11.2 Å². The molecule has 0 aromatic carbocycles. The Bertz CT molecular complexity index is 1020. The second kappa shape index (κ2) is 6.60. The highest BCUT2D eigenvalue weighted by Crippen LogP contribution is 2.58. The zero-order valence-corrected chi connectivity index (χ0v) is 16.6. The van der Waals surface area contributed by atoms with E-state index in [0.29, 0.717) is 24.3 Å². The maximum absolute atomic E-state index is 12.8. The molecule has 0 atom stereocenters. The number of aromatic nitrogens is 4. The number of H-pyrrole nitrogens is 1.